The number of ether oxygens (including phenoxy) is 1. The van der Waals surface area contributed by atoms with Gasteiger partial charge in [0.15, 0.2) is 0 Å². The van der Waals surface area contributed by atoms with E-state index < -0.39 is 5.97 Å². The van der Waals surface area contributed by atoms with Gasteiger partial charge >= 0.3 is 11.9 Å². The van der Waals surface area contributed by atoms with Crippen LogP contribution in [0.1, 0.15) is 142 Å². The number of carbonyl (C=O) groups is 3. The Labute approximate surface area is 262 Å². The van der Waals surface area contributed by atoms with E-state index in [1.54, 1.807) is 0 Å². The predicted octanol–water partition coefficient (Wildman–Crippen LogP) is 9.72. The lowest BCUT2D eigenvalue weighted by molar-refractivity contribution is -0.147. The topological polar surface area (TPSA) is 92.7 Å². The number of esters is 1. The number of nitrogens with one attached hydrogen (secondary N) is 1. The van der Waals surface area contributed by atoms with E-state index in [9.17, 15) is 14.4 Å². The molecular weight excluding hydrogens is 538 g/mol. The van der Waals surface area contributed by atoms with Crippen LogP contribution in [0, 0.1) is 0 Å². The summed E-state index contributed by atoms with van der Waals surface area (Å²) in [6, 6.07) is 0. The van der Waals surface area contributed by atoms with Gasteiger partial charge in [-0.05, 0) is 83.1 Å². The molecule has 0 rings (SSSR count). The summed E-state index contributed by atoms with van der Waals surface area (Å²) in [5.41, 5.74) is 0. The van der Waals surface area contributed by atoms with Crippen LogP contribution in [-0.4, -0.2) is 35.6 Å². The first kappa shape index (κ1) is 40.1. The SMILES string of the molecule is CC/C=C\C/C=C\C/C=C\C/C=C\C(CCCCCC(=O)NCC(=O)O)OC(=O)CCCCCCC/C=C\CCCCC. The van der Waals surface area contributed by atoms with E-state index in [0.717, 1.165) is 64.2 Å². The standard InChI is InChI=1S/C37H61NO5/c1-3-5-7-9-11-13-15-17-19-21-23-28-32-37(42)43-34(30-26-24-27-31-35(39)38-33-36(40)41)29-25-22-20-18-16-14-12-10-8-6-4-2/h6,8,11-14,18,20,25,29,34H,3-5,7,9-10,15-17,19,21-24,26-28,30-33H2,1-2H3,(H,38,39)(H,40,41)/b8-6-,13-11-,14-12-,20-18-,29-25-. The molecule has 0 spiro atoms. The molecule has 0 aromatic heterocycles. The second-order valence-corrected chi connectivity index (χ2v) is 11.0. The van der Waals surface area contributed by atoms with Gasteiger partial charge in [-0.2, -0.15) is 0 Å². The molecular formula is C37H61NO5. The molecule has 43 heavy (non-hydrogen) atoms. The van der Waals surface area contributed by atoms with Gasteiger partial charge in [0.2, 0.25) is 5.91 Å². The highest BCUT2D eigenvalue weighted by atomic mass is 16.5. The summed E-state index contributed by atoms with van der Waals surface area (Å²) < 4.78 is 5.81. The van der Waals surface area contributed by atoms with Gasteiger partial charge in [0.1, 0.15) is 12.6 Å². The van der Waals surface area contributed by atoms with Crippen molar-refractivity contribution in [2.24, 2.45) is 0 Å². The Morgan fingerprint density at radius 1 is 0.651 bits per heavy atom. The number of hydrogen-bond acceptors (Lipinski definition) is 4. The van der Waals surface area contributed by atoms with Crippen molar-refractivity contribution in [3.05, 3.63) is 60.8 Å². The largest absolute Gasteiger partial charge is 0.480 e. The lowest BCUT2D eigenvalue weighted by Crippen LogP contribution is -2.28. The molecule has 244 valence electrons. The van der Waals surface area contributed by atoms with Crippen molar-refractivity contribution in [1.29, 1.82) is 0 Å². The fourth-order valence-electron chi connectivity index (χ4n) is 4.42. The smallest absolute Gasteiger partial charge is 0.322 e. The molecule has 0 heterocycles. The number of amides is 1. The molecule has 1 atom stereocenters. The van der Waals surface area contributed by atoms with E-state index >= 15 is 0 Å². The molecule has 1 unspecified atom stereocenters. The van der Waals surface area contributed by atoms with Gasteiger partial charge in [-0.1, -0.05) is 107 Å². The van der Waals surface area contributed by atoms with Gasteiger partial charge < -0.3 is 15.2 Å². The zero-order valence-corrected chi connectivity index (χ0v) is 27.3. The molecule has 0 aliphatic rings. The molecule has 0 radical (unpaired) electrons. The van der Waals surface area contributed by atoms with Gasteiger partial charge in [0.05, 0.1) is 0 Å². The zero-order chi connectivity index (χ0) is 31.6. The third kappa shape index (κ3) is 31.9. The molecule has 0 aromatic rings. The van der Waals surface area contributed by atoms with Crippen LogP contribution in [0.15, 0.2) is 60.8 Å². The lowest BCUT2D eigenvalue weighted by atomic mass is 10.1. The number of unbranched alkanes of at least 4 members (excludes halogenated alkanes) is 10. The average molecular weight is 600 g/mol. The normalized spacial score (nSPS) is 12.8. The van der Waals surface area contributed by atoms with Crippen LogP contribution in [0.2, 0.25) is 0 Å². The summed E-state index contributed by atoms with van der Waals surface area (Å²) in [4.78, 5) is 34.8. The molecule has 0 saturated heterocycles. The number of rotatable bonds is 29. The monoisotopic (exact) mass is 599 g/mol. The molecule has 2 N–H and O–H groups in total. The average Bonchev–Trinajstić information content (AvgIpc) is 2.99. The molecule has 0 aliphatic heterocycles. The van der Waals surface area contributed by atoms with Gasteiger partial charge in [-0.3, -0.25) is 14.4 Å². The van der Waals surface area contributed by atoms with Crippen LogP contribution < -0.4 is 5.32 Å². The minimum atomic E-state index is -1.04. The Morgan fingerprint density at radius 3 is 1.86 bits per heavy atom. The van der Waals surface area contributed by atoms with E-state index in [2.05, 4.69) is 73.8 Å². The van der Waals surface area contributed by atoms with Gasteiger partial charge in [-0.15, -0.1) is 0 Å². The van der Waals surface area contributed by atoms with Crippen molar-refractivity contribution < 1.29 is 24.2 Å². The Hall–Kier alpha value is -2.89. The predicted molar refractivity (Wildman–Crippen MR) is 180 cm³/mol. The van der Waals surface area contributed by atoms with E-state index in [-0.39, 0.29) is 24.5 Å². The lowest BCUT2D eigenvalue weighted by Gasteiger charge is -2.14. The molecule has 0 saturated carbocycles. The quantitative estimate of drug-likeness (QED) is 0.0507. The number of carbonyl (C=O) groups excluding carboxylic acids is 2. The number of allylic oxidation sites excluding steroid dienone is 9. The number of carboxylic acid groups (broad SMARTS) is 1. The van der Waals surface area contributed by atoms with Crippen molar-refractivity contribution in [3.63, 3.8) is 0 Å². The molecule has 0 aromatic carbocycles. The second kappa shape index (κ2) is 32.0. The molecule has 0 aliphatic carbocycles. The van der Waals surface area contributed by atoms with Crippen molar-refractivity contribution in [2.45, 2.75) is 148 Å². The highest BCUT2D eigenvalue weighted by Gasteiger charge is 2.12. The molecule has 6 nitrogen and oxygen atoms in total. The van der Waals surface area contributed by atoms with Crippen molar-refractivity contribution in [3.8, 4) is 0 Å². The van der Waals surface area contributed by atoms with Crippen LogP contribution in [0.3, 0.4) is 0 Å². The Morgan fingerprint density at radius 2 is 1.21 bits per heavy atom. The fraction of sp³-hybridized carbons (Fsp3) is 0.649. The molecule has 0 fully saturated rings. The van der Waals surface area contributed by atoms with Crippen LogP contribution >= 0.6 is 0 Å². The third-order valence-electron chi connectivity index (χ3n) is 6.91. The van der Waals surface area contributed by atoms with Crippen LogP contribution in [0.25, 0.3) is 0 Å². The van der Waals surface area contributed by atoms with Gasteiger partial charge in [-0.25, -0.2) is 0 Å². The second-order valence-electron chi connectivity index (χ2n) is 11.0. The van der Waals surface area contributed by atoms with Crippen molar-refractivity contribution >= 4 is 17.8 Å². The van der Waals surface area contributed by atoms with Crippen LogP contribution in [0.5, 0.6) is 0 Å². The maximum atomic E-state index is 12.5. The van der Waals surface area contributed by atoms with E-state index in [1.165, 1.54) is 38.5 Å². The third-order valence-corrected chi connectivity index (χ3v) is 6.91. The molecule has 0 bridgehead atoms. The van der Waals surface area contributed by atoms with E-state index in [1.807, 2.05) is 6.08 Å². The van der Waals surface area contributed by atoms with E-state index in [0.29, 0.717) is 25.7 Å². The zero-order valence-electron chi connectivity index (χ0n) is 27.3. The highest BCUT2D eigenvalue weighted by molar-refractivity contribution is 5.80. The first-order chi connectivity index (χ1) is 21.0. The summed E-state index contributed by atoms with van der Waals surface area (Å²) in [7, 11) is 0. The number of hydrogen-bond donors (Lipinski definition) is 2. The molecule has 6 heteroatoms. The highest BCUT2D eigenvalue weighted by Crippen LogP contribution is 2.14. The summed E-state index contributed by atoms with van der Waals surface area (Å²) in [6.45, 7) is 4.02. The Kier molecular flexibility index (Phi) is 29.9. The van der Waals surface area contributed by atoms with Crippen molar-refractivity contribution in [1.82, 2.24) is 5.32 Å². The number of aliphatic carboxylic acids is 1. The van der Waals surface area contributed by atoms with Crippen molar-refractivity contribution in [2.75, 3.05) is 6.54 Å². The van der Waals surface area contributed by atoms with Crippen LogP contribution in [0.4, 0.5) is 0 Å². The maximum Gasteiger partial charge on any atom is 0.322 e. The molecule has 1 amide bonds. The van der Waals surface area contributed by atoms with Gasteiger partial charge in [0, 0.05) is 12.8 Å². The maximum absolute atomic E-state index is 12.5. The Balaban J connectivity index is 4.40. The summed E-state index contributed by atoms with van der Waals surface area (Å²) in [5.74, 6) is -1.43. The summed E-state index contributed by atoms with van der Waals surface area (Å²) >= 11 is 0. The first-order valence-corrected chi connectivity index (χ1v) is 16.9. The fourth-order valence-corrected chi connectivity index (χ4v) is 4.42. The number of carboxylic acids is 1. The summed E-state index contributed by atoms with van der Waals surface area (Å²) in [5, 5.41) is 11.0. The summed E-state index contributed by atoms with van der Waals surface area (Å²) in [6.07, 6.45) is 40.6. The van der Waals surface area contributed by atoms with E-state index in [4.69, 9.17) is 9.84 Å². The minimum absolute atomic E-state index is 0.143. The van der Waals surface area contributed by atoms with Gasteiger partial charge in [0.25, 0.3) is 0 Å². The first-order valence-electron chi connectivity index (χ1n) is 16.9. The minimum Gasteiger partial charge on any atom is -0.480 e. The van der Waals surface area contributed by atoms with Crippen LogP contribution in [-0.2, 0) is 19.1 Å². The Bertz CT molecular complexity index is 840.